The van der Waals surface area contributed by atoms with E-state index < -0.39 is 6.16 Å². The third kappa shape index (κ3) is 3.22. The van der Waals surface area contributed by atoms with Crippen LogP contribution in [0.2, 0.25) is 0 Å². The lowest BCUT2D eigenvalue weighted by Gasteiger charge is -2.57. The molecule has 0 unspecified atom stereocenters. The number of rotatable bonds is 1. The lowest BCUT2D eigenvalue weighted by molar-refractivity contribution is -0.208. The van der Waals surface area contributed by atoms with Gasteiger partial charge in [0.1, 0.15) is 6.10 Å². The average Bonchev–Trinajstić information content (AvgIpc) is 2.26. The Morgan fingerprint density at radius 3 is 1.79 bits per heavy atom. The molecule has 0 aromatic heterocycles. The molecule has 0 atom stereocenters. The first-order valence-electron chi connectivity index (χ1n) is 7.05. The molecular weight excluding hydrogens is 244 g/mol. The molecule has 1 aliphatic carbocycles. The van der Waals surface area contributed by atoms with Gasteiger partial charge in [-0.25, -0.2) is 4.79 Å². The highest BCUT2D eigenvalue weighted by atomic mass is 17.1. The highest BCUT2D eigenvalue weighted by molar-refractivity contribution is 5.59. The fourth-order valence-electron chi connectivity index (χ4n) is 3.98. The predicted octanol–water partition coefficient (Wildman–Crippen LogP) is 4.63. The zero-order chi connectivity index (χ0) is 14.9. The van der Waals surface area contributed by atoms with E-state index in [4.69, 9.17) is 9.99 Å². The molecule has 0 bridgehead atoms. The van der Waals surface area contributed by atoms with E-state index in [1.807, 2.05) is 0 Å². The van der Waals surface area contributed by atoms with Crippen molar-refractivity contribution in [1.29, 1.82) is 0 Å². The molecule has 1 saturated carbocycles. The van der Waals surface area contributed by atoms with Crippen molar-refractivity contribution in [3.63, 3.8) is 0 Å². The first kappa shape index (κ1) is 16.3. The van der Waals surface area contributed by atoms with Gasteiger partial charge in [0.25, 0.3) is 0 Å². The van der Waals surface area contributed by atoms with Crippen LogP contribution in [0, 0.1) is 16.2 Å². The Bertz CT molecular complexity index is 298. The summed E-state index contributed by atoms with van der Waals surface area (Å²) in [5.41, 5.74) is 0.629. The summed E-state index contributed by atoms with van der Waals surface area (Å²) in [6, 6.07) is 0. The normalized spacial score (nSPS) is 21.0. The number of carbonyl (C=O) groups excluding carboxylic acids is 1. The van der Waals surface area contributed by atoms with Crippen molar-refractivity contribution in [2.75, 3.05) is 0 Å². The fraction of sp³-hybridized carbons (Fsp3) is 0.933. The van der Waals surface area contributed by atoms with Crippen molar-refractivity contribution >= 4 is 6.16 Å². The molecule has 1 fully saturated rings. The van der Waals surface area contributed by atoms with Gasteiger partial charge in [0.2, 0.25) is 0 Å². The van der Waals surface area contributed by atoms with Gasteiger partial charge in [0.05, 0.1) is 0 Å². The summed E-state index contributed by atoms with van der Waals surface area (Å²) in [4.78, 5) is 14.5. The van der Waals surface area contributed by atoms with Crippen molar-refractivity contribution < 1.29 is 19.7 Å². The molecular formula is C15H28O4. The minimum atomic E-state index is -0.996. The summed E-state index contributed by atoms with van der Waals surface area (Å²) in [6.45, 7) is 13.8. The molecule has 112 valence electrons. The summed E-state index contributed by atoms with van der Waals surface area (Å²) in [5.74, 6) is 0. The zero-order valence-corrected chi connectivity index (χ0v) is 13.1. The van der Waals surface area contributed by atoms with E-state index in [-0.39, 0.29) is 22.3 Å². The van der Waals surface area contributed by atoms with E-state index in [2.05, 4.69) is 46.4 Å². The Balaban J connectivity index is 2.79. The second kappa shape index (κ2) is 5.31. The molecule has 0 spiro atoms. The van der Waals surface area contributed by atoms with E-state index in [9.17, 15) is 4.79 Å². The van der Waals surface area contributed by atoms with Crippen molar-refractivity contribution in [2.24, 2.45) is 16.2 Å². The van der Waals surface area contributed by atoms with E-state index in [1.54, 1.807) is 0 Å². The Morgan fingerprint density at radius 2 is 1.47 bits per heavy atom. The van der Waals surface area contributed by atoms with Crippen molar-refractivity contribution in [2.45, 2.75) is 73.3 Å². The SMILES string of the molecule is CC(C)(C)C1(C(C)(C)C)CCC(OC(=O)OO)CC1. The summed E-state index contributed by atoms with van der Waals surface area (Å²) >= 11 is 0. The Labute approximate surface area is 116 Å². The first-order chi connectivity index (χ1) is 8.53. The maximum atomic E-state index is 10.9. The first-order valence-corrected chi connectivity index (χ1v) is 7.05. The van der Waals surface area contributed by atoms with Gasteiger partial charge in [0.15, 0.2) is 0 Å². The molecule has 19 heavy (non-hydrogen) atoms. The van der Waals surface area contributed by atoms with Gasteiger partial charge in [-0.3, -0.25) is 4.89 Å². The molecule has 0 radical (unpaired) electrons. The molecule has 0 aromatic rings. The van der Waals surface area contributed by atoms with Crippen molar-refractivity contribution in [1.82, 2.24) is 0 Å². The van der Waals surface area contributed by atoms with Crippen LogP contribution in [0.4, 0.5) is 4.79 Å². The van der Waals surface area contributed by atoms with Crippen LogP contribution in [0.3, 0.4) is 0 Å². The number of ether oxygens (including phenoxy) is 1. The Morgan fingerprint density at radius 1 is 1.05 bits per heavy atom. The molecule has 1 N–H and O–H groups in total. The maximum Gasteiger partial charge on any atom is 0.540 e. The predicted molar refractivity (Wildman–Crippen MR) is 73.8 cm³/mol. The Hall–Kier alpha value is -0.770. The minimum Gasteiger partial charge on any atom is -0.429 e. The van der Waals surface area contributed by atoms with E-state index in [1.165, 1.54) is 0 Å². The van der Waals surface area contributed by atoms with E-state index in [0.717, 1.165) is 25.7 Å². The third-order valence-electron chi connectivity index (χ3n) is 4.99. The van der Waals surface area contributed by atoms with Gasteiger partial charge in [-0.05, 0) is 41.9 Å². The monoisotopic (exact) mass is 272 g/mol. The van der Waals surface area contributed by atoms with Gasteiger partial charge < -0.3 is 4.74 Å². The minimum absolute atomic E-state index is 0.141. The zero-order valence-electron chi connectivity index (χ0n) is 13.1. The van der Waals surface area contributed by atoms with E-state index >= 15 is 0 Å². The molecule has 1 rings (SSSR count). The molecule has 0 amide bonds. The highest BCUT2D eigenvalue weighted by Crippen LogP contribution is 2.59. The molecule has 1 aliphatic rings. The van der Waals surface area contributed by atoms with Crippen LogP contribution >= 0.6 is 0 Å². The summed E-state index contributed by atoms with van der Waals surface area (Å²) < 4.78 is 5.05. The quantitative estimate of drug-likeness (QED) is 0.429. The van der Waals surface area contributed by atoms with E-state index in [0.29, 0.717) is 0 Å². The molecule has 0 aromatic carbocycles. The number of hydrogen-bond acceptors (Lipinski definition) is 4. The molecule has 0 saturated heterocycles. The molecule has 4 heteroatoms. The van der Waals surface area contributed by atoms with Crippen LogP contribution < -0.4 is 0 Å². The molecule has 4 nitrogen and oxygen atoms in total. The standard InChI is InChI=1S/C15H28O4/c1-13(2,3)15(14(4,5)6)9-7-11(8-10-15)18-12(16)19-17/h11,17H,7-10H2,1-6H3. The maximum absolute atomic E-state index is 10.9. The van der Waals surface area contributed by atoms with Crippen LogP contribution in [-0.2, 0) is 9.62 Å². The van der Waals surface area contributed by atoms with Crippen LogP contribution in [0.15, 0.2) is 0 Å². The summed E-state index contributed by atoms with van der Waals surface area (Å²) in [6.07, 6.45) is 2.54. The van der Waals surface area contributed by atoms with Gasteiger partial charge in [-0.1, -0.05) is 41.5 Å². The lowest BCUT2D eigenvalue weighted by Crippen LogP contribution is -2.49. The highest BCUT2D eigenvalue weighted by Gasteiger charge is 2.52. The summed E-state index contributed by atoms with van der Waals surface area (Å²) in [5, 5.41) is 8.25. The fourth-order valence-corrected chi connectivity index (χ4v) is 3.98. The molecule has 0 aliphatic heterocycles. The van der Waals surface area contributed by atoms with Crippen molar-refractivity contribution in [3.05, 3.63) is 0 Å². The van der Waals surface area contributed by atoms with Gasteiger partial charge in [-0.15, -0.1) is 0 Å². The van der Waals surface area contributed by atoms with Crippen LogP contribution in [0.1, 0.15) is 67.2 Å². The van der Waals surface area contributed by atoms with Crippen LogP contribution in [0.5, 0.6) is 0 Å². The average molecular weight is 272 g/mol. The Kier molecular flexibility index (Phi) is 4.55. The second-order valence-electron chi connectivity index (χ2n) is 7.74. The molecule has 0 heterocycles. The van der Waals surface area contributed by atoms with Crippen LogP contribution in [-0.4, -0.2) is 17.5 Å². The smallest absolute Gasteiger partial charge is 0.429 e. The second-order valence-corrected chi connectivity index (χ2v) is 7.74. The van der Waals surface area contributed by atoms with Crippen molar-refractivity contribution in [3.8, 4) is 0 Å². The topological polar surface area (TPSA) is 55.8 Å². The number of hydrogen-bond donors (Lipinski definition) is 1. The number of carbonyl (C=O) groups is 1. The largest absolute Gasteiger partial charge is 0.540 e. The third-order valence-corrected chi connectivity index (χ3v) is 4.99. The summed E-state index contributed by atoms with van der Waals surface area (Å²) in [7, 11) is 0. The van der Waals surface area contributed by atoms with Gasteiger partial charge in [0, 0.05) is 0 Å². The van der Waals surface area contributed by atoms with Crippen LogP contribution in [0.25, 0.3) is 0 Å². The van der Waals surface area contributed by atoms with Gasteiger partial charge >= 0.3 is 6.16 Å². The lowest BCUT2D eigenvalue weighted by atomic mass is 9.49. The van der Waals surface area contributed by atoms with Gasteiger partial charge in [-0.2, -0.15) is 5.26 Å².